The molecule has 1 N–H and O–H groups in total. The third-order valence-electron chi connectivity index (χ3n) is 3.51. The highest BCUT2D eigenvalue weighted by Gasteiger charge is 2.17. The molecule has 0 spiro atoms. The van der Waals surface area contributed by atoms with Crippen molar-refractivity contribution in [2.75, 3.05) is 26.5 Å². The topological polar surface area (TPSA) is 49.6 Å². The highest BCUT2D eigenvalue weighted by Crippen LogP contribution is 2.27. The molecule has 27 heavy (non-hydrogen) atoms. The minimum Gasteiger partial charge on any atom is -0.319 e. The molecular formula is C19H21Cl2IN4O. The maximum absolute atomic E-state index is 12.5. The van der Waals surface area contributed by atoms with Crippen LogP contribution in [-0.2, 0) is 4.43 Å². The van der Waals surface area contributed by atoms with Gasteiger partial charge in [0.05, 0.1) is 32.7 Å². The number of pyridine rings is 1. The van der Waals surface area contributed by atoms with Gasteiger partial charge in [-0.3, -0.25) is 4.79 Å². The average Bonchev–Trinajstić information content (AvgIpc) is 2.90. The summed E-state index contributed by atoms with van der Waals surface area (Å²) in [5.74, 6) is -0.356. The molecule has 0 aliphatic carbocycles. The van der Waals surface area contributed by atoms with Crippen LogP contribution in [0.25, 0.3) is 5.65 Å². The van der Waals surface area contributed by atoms with Crippen molar-refractivity contribution in [3.05, 3.63) is 63.5 Å². The first-order valence-electron chi connectivity index (χ1n) is 8.15. The van der Waals surface area contributed by atoms with Gasteiger partial charge in [0.2, 0.25) is 0 Å². The largest absolute Gasteiger partial charge is 0.319 e. The van der Waals surface area contributed by atoms with Crippen LogP contribution in [0.3, 0.4) is 0 Å². The fourth-order valence-corrected chi connectivity index (χ4v) is 3.88. The minimum absolute atomic E-state index is 0.259. The maximum Gasteiger partial charge on any atom is 0.258 e. The number of hydrogen-bond acceptors (Lipinski definition) is 3. The molecular weight excluding hydrogens is 498 g/mol. The molecule has 8 heteroatoms. The fourth-order valence-electron chi connectivity index (χ4n) is 2.39. The zero-order valence-electron chi connectivity index (χ0n) is 15.6. The number of nitrogens with zero attached hydrogens (tertiary/aromatic N) is 3. The van der Waals surface area contributed by atoms with E-state index >= 15 is 0 Å². The minimum atomic E-state index is -0.356. The van der Waals surface area contributed by atoms with Crippen molar-refractivity contribution in [1.82, 2.24) is 14.3 Å². The summed E-state index contributed by atoms with van der Waals surface area (Å²) in [5.41, 5.74) is 3.63. The van der Waals surface area contributed by atoms with Crippen LogP contribution < -0.4 is 5.32 Å². The van der Waals surface area contributed by atoms with E-state index < -0.39 is 0 Å². The van der Waals surface area contributed by atoms with Crippen molar-refractivity contribution in [2.45, 2.75) is 11.4 Å². The molecule has 0 aliphatic rings. The lowest BCUT2D eigenvalue weighted by molar-refractivity contribution is 0.102. The molecule has 144 valence electrons. The van der Waals surface area contributed by atoms with Crippen molar-refractivity contribution in [1.29, 1.82) is 0 Å². The predicted molar refractivity (Wildman–Crippen MR) is 122 cm³/mol. The normalized spacial score (nSPS) is 10.7. The molecule has 0 fully saturated rings. The van der Waals surface area contributed by atoms with E-state index in [2.05, 4.69) is 32.9 Å². The smallest absolute Gasteiger partial charge is 0.258 e. The Morgan fingerprint density at radius 2 is 1.78 bits per heavy atom. The number of imidazole rings is 1. The number of aromatic nitrogens is 2. The average molecular weight is 519 g/mol. The second-order valence-corrected chi connectivity index (χ2v) is 7.86. The first-order chi connectivity index (χ1) is 12.8. The lowest BCUT2D eigenvalue weighted by Crippen LogP contribution is -2.14. The Kier molecular flexibility index (Phi) is 7.91. The van der Waals surface area contributed by atoms with E-state index in [1.165, 1.54) is 0 Å². The Morgan fingerprint density at radius 1 is 1.19 bits per heavy atom. The lowest BCUT2D eigenvalue weighted by atomic mass is 10.2. The van der Waals surface area contributed by atoms with Crippen LogP contribution in [0.15, 0.2) is 36.5 Å². The summed E-state index contributed by atoms with van der Waals surface area (Å²) in [4.78, 5) is 19.1. The standard InChI is InChI=1S/C16H12Cl2IN3O.C3H9N/c1-9-13(8-19)22-7-3-6-12(15(22)20-9)21-16(23)14-10(17)4-2-5-11(14)18;1-4(2)3/h2-7H,8H2,1H3,(H,21,23);1-3H3. The van der Waals surface area contributed by atoms with Gasteiger partial charge in [0.15, 0.2) is 5.65 Å². The Hall–Kier alpha value is -1.35. The third-order valence-corrected chi connectivity index (χ3v) is 4.87. The van der Waals surface area contributed by atoms with Gasteiger partial charge in [0, 0.05) is 10.6 Å². The first-order valence-corrected chi connectivity index (χ1v) is 10.4. The van der Waals surface area contributed by atoms with Gasteiger partial charge in [-0.15, -0.1) is 0 Å². The number of rotatable bonds is 3. The molecule has 0 bridgehead atoms. The van der Waals surface area contributed by atoms with Crippen LogP contribution in [0, 0.1) is 6.92 Å². The van der Waals surface area contributed by atoms with Crippen LogP contribution in [0.5, 0.6) is 0 Å². The number of nitrogens with one attached hydrogen (secondary N) is 1. The molecule has 3 rings (SSSR count). The maximum atomic E-state index is 12.5. The zero-order chi connectivity index (χ0) is 20.1. The van der Waals surface area contributed by atoms with E-state index in [0.717, 1.165) is 15.8 Å². The van der Waals surface area contributed by atoms with Gasteiger partial charge in [-0.2, -0.15) is 0 Å². The first kappa shape index (κ1) is 21.9. The third kappa shape index (κ3) is 5.34. The molecule has 1 amide bonds. The number of carbonyl (C=O) groups is 1. The number of fused-ring (bicyclic) bond motifs is 1. The van der Waals surface area contributed by atoms with Gasteiger partial charge in [-0.1, -0.05) is 51.9 Å². The summed E-state index contributed by atoms with van der Waals surface area (Å²) < 4.78 is 2.81. The van der Waals surface area contributed by atoms with Crippen molar-refractivity contribution in [3.8, 4) is 0 Å². The van der Waals surface area contributed by atoms with Crippen molar-refractivity contribution in [2.24, 2.45) is 0 Å². The number of amides is 1. The van der Waals surface area contributed by atoms with Crippen LogP contribution in [-0.4, -0.2) is 41.3 Å². The summed E-state index contributed by atoms with van der Waals surface area (Å²) in [6, 6.07) is 8.65. The Labute approximate surface area is 182 Å². The quantitative estimate of drug-likeness (QED) is 0.377. The second kappa shape index (κ2) is 9.73. The van der Waals surface area contributed by atoms with E-state index in [9.17, 15) is 4.79 Å². The van der Waals surface area contributed by atoms with E-state index in [1.54, 1.807) is 24.3 Å². The van der Waals surface area contributed by atoms with Crippen molar-refractivity contribution >= 4 is 63.0 Å². The van der Waals surface area contributed by atoms with E-state index in [4.69, 9.17) is 23.2 Å². The highest BCUT2D eigenvalue weighted by atomic mass is 127. The Bertz CT molecular complexity index is 933. The van der Waals surface area contributed by atoms with Crippen LogP contribution >= 0.6 is 45.8 Å². The molecule has 0 saturated heterocycles. The molecule has 2 heterocycles. The molecule has 5 nitrogen and oxygen atoms in total. The van der Waals surface area contributed by atoms with Gasteiger partial charge >= 0.3 is 0 Å². The number of carbonyl (C=O) groups excluding carboxylic acids is 1. The van der Waals surface area contributed by atoms with Gasteiger partial charge in [-0.25, -0.2) is 4.98 Å². The molecule has 0 atom stereocenters. The van der Waals surface area contributed by atoms with Gasteiger partial charge in [0.1, 0.15) is 0 Å². The summed E-state index contributed by atoms with van der Waals surface area (Å²) >= 11 is 14.5. The van der Waals surface area contributed by atoms with Gasteiger partial charge < -0.3 is 14.6 Å². The number of hydrogen-bond donors (Lipinski definition) is 1. The van der Waals surface area contributed by atoms with E-state index in [-0.39, 0.29) is 11.5 Å². The number of aryl methyl sites for hydroxylation is 1. The Morgan fingerprint density at radius 3 is 2.33 bits per heavy atom. The van der Waals surface area contributed by atoms with Gasteiger partial charge in [-0.05, 0) is 52.3 Å². The van der Waals surface area contributed by atoms with E-state index in [1.807, 2.05) is 49.6 Å². The molecule has 0 radical (unpaired) electrons. The lowest BCUT2D eigenvalue weighted by Gasteiger charge is -2.09. The van der Waals surface area contributed by atoms with Crippen LogP contribution in [0.1, 0.15) is 21.7 Å². The summed E-state index contributed by atoms with van der Waals surface area (Å²) in [6.07, 6.45) is 1.93. The van der Waals surface area contributed by atoms with Gasteiger partial charge in [0.25, 0.3) is 5.91 Å². The zero-order valence-corrected chi connectivity index (χ0v) is 19.2. The van der Waals surface area contributed by atoms with Crippen molar-refractivity contribution < 1.29 is 4.79 Å². The number of halogens is 3. The SMILES string of the molecule is CN(C)C.Cc1nc2c(NC(=O)c3c(Cl)cccc3Cl)cccn2c1CI. The fraction of sp³-hybridized carbons (Fsp3) is 0.263. The molecule has 0 saturated carbocycles. The van der Waals surface area contributed by atoms with Crippen LogP contribution in [0.4, 0.5) is 5.69 Å². The summed E-state index contributed by atoms with van der Waals surface area (Å²) in [5, 5.41) is 3.48. The van der Waals surface area contributed by atoms with Crippen LogP contribution in [0.2, 0.25) is 10.0 Å². The number of benzene rings is 1. The number of alkyl halides is 1. The molecule has 3 aromatic rings. The molecule has 0 unspecified atom stereocenters. The molecule has 1 aromatic carbocycles. The van der Waals surface area contributed by atoms with Crippen molar-refractivity contribution in [3.63, 3.8) is 0 Å². The molecule has 2 aromatic heterocycles. The summed E-state index contributed by atoms with van der Waals surface area (Å²) in [7, 11) is 6.00. The number of anilines is 1. The highest BCUT2D eigenvalue weighted by molar-refractivity contribution is 14.1. The van der Waals surface area contributed by atoms with E-state index in [0.29, 0.717) is 21.4 Å². The molecule has 0 aliphatic heterocycles. The monoisotopic (exact) mass is 518 g/mol. The predicted octanol–water partition coefficient (Wildman–Crippen LogP) is 5.31. The Balaban J connectivity index is 0.000000596. The second-order valence-electron chi connectivity index (χ2n) is 6.29. The summed E-state index contributed by atoms with van der Waals surface area (Å²) in [6.45, 7) is 1.96.